The molecule has 0 unspecified atom stereocenters. The van der Waals surface area contributed by atoms with Crippen LogP contribution in [0.5, 0.6) is 0 Å². The summed E-state index contributed by atoms with van der Waals surface area (Å²) in [6.07, 6.45) is 8.97. The molecule has 0 saturated heterocycles. The van der Waals surface area contributed by atoms with Gasteiger partial charge in [0.15, 0.2) is 0 Å². The van der Waals surface area contributed by atoms with E-state index >= 15 is 0 Å². The Morgan fingerprint density at radius 1 is 1.33 bits per heavy atom. The summed E-state index contributed by atoms with van der Waals surface area (Å²) in [7, 11) is 0. The van der Waals surface area contributed by atoms with Crippen LogP contribution in [0.2, 0.25) is 0 Å². The van der Waals surface area contributed by atoms with Gasteiger partial charge in [0, 0.05) is 23.6 Å². The Morgan fingerprint density at radius 2 is 2.08 bits per heavy atom. The minimum atomic E-state index is 0.279. The van der Waals surface area contributed by atoms with E-state index in [-0.39, 0.29) is 6.04 Å². The van der Waals surface area contributed by atoms with Crippen molar-refractivity contribution < 1.29 is 0 Å². The molecule has 3 rings (SSSR count). The van der Waals surface area contributed by atoms with Gasteiger partial charge in [-0.3, -0.25) is 9.98 Å². The second-order valence-corrected chi connectivity index (χ2v) is 5.99. The van der Waals surface area contributed by atoms with Crippen molar-refractivity contribution in [2.24, 2.45) is 16.6 Å². The molecule has 1 fully saturated rings. The van der Waals surface area contributed by atoms with E-state index in [4.69, 9.17) is 11.0 Å². The predicted molar refractivity (Wildman–Crippen MR) is 96.1 cm³/mol. The third-order valence-electron chi connectivity index (χ3n) is 4.16. The van der Waals surface area contributed by atoms with Gasteiger partial charge in [-0.15, -0.1) is 0 Å². The van der Waals surface area contributed by atoms with Gasteiger partial charge in [0.25, 0.3) is 0 Å². The van der Waals surface area contributed by atoms with Crippen molar-refractivity contribution in [3.8, 4) is 6.07 Å². The molecule has 0 atom stereocenters. The Hall–Kier alpha value is -3.00. The second kappa shape index (κ2) is 7.05. The number of aromatic nitrogens is 2. The van der Waals surface area contributed by atoms with Crippen molar-refractivity contribution in [1.82, 2.24) is 9.97 Å². The number of allylic oxidation sites excluding steroid dienone is 4. The molecule has 1 aliphatic rings. The van der Waals surface area contributed by atoms with Gasteiger partial charge in [0.2, 0.25) is 0 Å². The molecule has 2 aromatic rings. The summed E-state index contributed by atoms with van der Waals surface area (Å²) in [6.45, 7) is 1.84. The van der Waals surface area contributed by atoms with Crippen LogP contribution in [0.25, 0.3) is 16.6 Å². The Balaban J connectivity index is 1.76. The Kier molecular flexibility index (Phi) is 4.66. The lowest BCUT2D eigenvalue weighted by Gasteiger charge is -2.29. The smallest absolute Gasteiger partial charge is 0.0925 e. The van der Waals surface area contributed by atoms with E-state index in [2.05, 4.69) is 15.0 Å². The second-order valence-electron chi connectivity index (χ2n) is 5.99. The van der Waals surface area contributed by atoms with Crippen LogP contribution < -0.4 is 5.73 Å². The molecule has 5 heteroatoms. The van der Waals surface area contributed by atoms with Crippen LogP contribution in [0.4, 0.5) is 0 Å². The van der Waals surface area contributed by atoms with Crippen LogP contribution in [0.15, 0.2) is 53.3 Å². The van der Waals surface area contributed by atoms with Crippen LogP contribution in [0.1, 0.15) is 25.5 Å². The van der Waals surface area contributed by atoms with Gasteiger partial charge in [-0.05, 0) is 37.8 Å². The molecule has 1 aliphatic carbocycles. The van der Waals surface area contributed by atoms with E-state index < -0.39 is 0 Å². The molecule has 1 saturated carbocycles. The molecular weight excluding hydrogens is 298 g/mol. The highest BCUT2D eigenvalue weighted by atomic mass is 14.8. The number of rotatable bonds is 4. The number of nitriles is 1. The van der Waals surface area contributed by atoms with Gasteiger partial charge in [-0.25, -0.2) is 4.98 Å². The van der Waals surface area contributed by atoms with Crippen molar-refractivity contribution in [1.29, 1.82) is 5.26 Å². The molecular formula is C19H19N5. The summed E-state index contributed by atoms with van der Waals surface area (Å²) in [5, 5.41) is 8.54. The molecule has 5 nitrogen and oxygen atoms in total. The fraction of sp³-hybridized carbons (Fsp3) is 0.263. The first-order valence-electron chi connectivity index (χ1n) is 7.95. The molecule has 0 spiro atoms. The summed E-state index contributed by atoms with van der Waals surface area (Å²) in [5.41, 5.74) is 9.94. The minimum absolute atomic E-state index is 0.279. The molecule has 1 aromatic heterocycles. The van der Waals surface area contributed by atoms with E-state index in [0.717, 1.165) is 35.1 Å². The molecule has 0 radical (unpaired) electrons. The monoisotopic (exact) mass is 317 g/mol. The third kappa shape index (κ3) is 3.49. The number of fused-ring (bicyclic) bond motifs is 1. The Bertz CT molecular complexity index is 863. The SMILES string of the molecule is CC(N)=C(C=NC1CC(/C=C/C#N)C1)c1cnc2ccccc2n1. The quantitative estimate of drug-likeness (QED) is 0.692. The number of para-hydroxylation sites is 2. The lowest BCUT2D eigenvalue weighted by molar-refractivity contribution is 0.327. The first kappa shape index (κ1) is 15.9. The summed E-state index contributed by atoms with van der Waals surface area (Å²) in [6, 6.07) is 10.1. The van der Waals surface area contributed by atoms with Gasteiger partial charge >= 0.3 is 0 Å². The van der Waals surface area contributed by atoms with Crippen LogP contribution in [0.3, 0.4) is 0 Å². The predicted octanol–water partition coefficient (Wildman–Crippen LogP) is 3.25. The van der Waals surface area contributed by atoms with E-state index in [1.165, 1.54) is 0 Å². The maximum absolute atomic E-state index is 8.54. The summed E-state index contributed by atoms with van der Waals surface area (Å²) in [4.78, 5) is 13.7. The van der Waals surface area contributed by atoms with E-state index in [1.807, 2.05) is 49.5 Å². The summed E-state index contributed by atoms with van der Waals surface area (Å²) < 4.78 is 0. The lowest BCUT2D eigenvalue weighted by atomic mass is 9.80. The van der Waals surface area contributed by atoms with Crippen molar-refractivity contribution in [3.05, 3.63) is 54.0 Å². The molecule has 2 N–H and O–H groups in total. The molecule has 120 valence electrons. The zero-order valence-corrected chi connectivity index (χ0v) is 13.6. The third-order valence-corrected chi connectivity index (χ3v) is 4.16. The maximum Gasteiger partial charge on any atom is 0.0925 e. The highest BCUT2D eigenvalue weighted by Gasteiger charge is 2.26. The van der Waals surface area contributed by atoms with E-state index in [1.54, 1.807) is 12.3 Å². The average Bonchev–Trinajstić information content (AvgIpc) is 2.55. The van der Waals surface area contributed by atoms with E-state index in [9.17, 15) is 0 Å². The largest absolute Gasteiger partial charge is 0.402 e. The molecule has 1 aromatic carbocycles. The minimum Gasteiger partial charge on any atom is -0.402 e. The van der Waals surface area contributed by atoms with Gasteiger partial charge < -0.3 is 5.73 Å². The number of hydrogen-bond donors (Lipinski definition) is 1. The maximum atomic E-state index is 8.54. The van der Waals surface area contributed by atoms with E-state index in [0.29, 0.717) is 11.6 Å². The van der Waals surface area contributed by atoms with Crippen molar-refractivity contribution in [2.45, 2.75) is 25.8 Å². The van der Waals surface area contributed by atoms with Gasteiger partial charge in [-0.2, -0.15) is 5.26 Å². The van der Waals surface area contributed by atoms with Gasteiger partial charge in [0.1, 0.15) is 0 Å². The van der Waals surface area contributed by atoms with Crippen LogP contribution in [-0.4, -0.2) is 22.2 Å². The number of nitrogens with two attached hydrogens (primary N) is 1. The number of benzene rings is 1. The highest BCUT2D eigenvalue weighted by molar-refractivity contribution is 6.10. The molecule has 24 heavy (non-hydrogen) atoms. The lowest BCUT2D eigenvalue weighted by Crippen LogP contribution is -2.25. The first-order valence-corrected chi connectivity index (χ1v) is 7.95. The normalized spacial score (nSPS) is 21.7. The van der Waals surface area contributed by atoms with Crippen LogP contribution in [0, 0.1) is 17.2 Å². The molecule has 0 aliphatic heterocycles. The van der Waals surface area contributed by atoms with Crippen molar-refractivity contribution in [2.75, 3.05) is 0 Å². The summed E-state index contributed by atoms with van der Waals surface area (Å²) in [5.74, 6) is 0.457. The Morgan fingerprint density at radius 3 is 2.79 bits per heavy atom. The fourth-order valence-corrected chi connectivity index (χ4v) is 2.72. The summed E-state index contributed by atoms with van der Waals surface area (Å²) >= 11 is 0. The number of aliphatic imine (C=N–C) groups is 1. The van der Waals surface area contributed by atoms with Crippen molar-refractivity contribution in [3.63, 3.8) is 0 Å². The van der Waals surface area contributed by atoms with Gasteiger partial charge in [-0.1, -0.05) is 18.2 Å². The number of hydrogen-bond acceptors (Lipinski definition) is 5. The molecule has 0 amide bonds. The first-order chi connectivity index (χ1) is 11.7. The zero-order valence-electron chi connectivity index (χ0n) is 13.6. The average molecular weight is 317 g/mol. The topological polar surface area (TPSA) is 88.0 Å². The molecule has 1 heterocycles. The fourth-order valence-electron chi connectivity index (χ4n) is 2.72. The van der Waals surface area contributed by atoms with Crippen molar-refractivity contribution >= 4 is 22.8 Å². The standard InChI is InChI=1S/C19H19N5/c1-13(21)16(11-22-15-9-14(10-15)5-4-8-20)19-12-23-17-6-2-3-7-18(17)24-19/h2-7,11-12,14-15H,9-10,21H2,1H3/b5-4+,16-13?,22-11?. The zero-order chi connectivity index (χ0) is 16.9. The van der Waals surface area contributed by atoms with Gasteiger partial charge in [0.05, 0.1) is 35.0 Å². The Labute approximate surface area is 141 Å². The van der Waals surface area contributed by atoms with Crippen LogP contribution >= 0.6 is 0 Å². The highest BCUT2D eigenvalue weighted by Crippen LogP contribution is 2.31. The number of nitrogens with zero attached hydrogens (tertiary/aromatic N) is 4. The molecule has 0 bridgehead atoms. The van der Waals surface area contributed by atoms with Crippen LogP contribution in [-0.2, 0) is 0 Å².